The van der Waals surface area contributed by atoms with Crippen molar-refractivity contribution in [3.63, 3.8) is 0 Å². The summed E-state index contributed by atoms with van der Waals surface area (Å²) in [5.41, 5.74) is 1.20. The van der Waals surface area contributed by atoms with E-state index in [0.29, 0.717) is 19.1 Å². The Labute approximate surface area is 120 Å². The van der Waals surface area contributed by atoms with Crippen molar-refractivity contribution in [3.8, 4) is 0 Å². The molecule has 0 heterocycles. The quantitative estimate of drug-likeness (QED) is 0.686. The van der Waals surface area contributed by atoms with Crippen LogP contribution in [0.5, 0.6) is 0 Å². The summed E-state index contributed by atoms with van der Waals surface area (Å²) in [6, 6.07) is 10.2. The van der Waals surface area contributed by atoms with Gasteiger partial charge in [-0.25, -0.2) is 4.79 Å². The maximum absolute atomic E-state index is 11.1. The Bertz CT molecular complexity index is 398. The highest BCUT2D eigenvalue weighted by atomic mass is 16.6. The highest BCUT2D eigenvalue weighted by Gasteiger charge is 2.30. The lowest BCUT2D eigenvalue weighted by Gasteiger charge is -2.34. The van der Waals surface area contributed by atoms with Gasteiger partial charge in [0.05, 0.1) is 25.9 Å². The van der Waals surface area contributed by atoms with Gasteiger partial charge in [0.15, 0.2) is 0 Å². The molecule has 0 radical (unpaired) electrons. The van der Waals surface area contributed by atoms with E-state index in [0.717, 1.165) is 19.4 Å². The summed E-state index contributed by atoms with van der Waals surface area (Å²) in [6.07, 6.45) is 2.12. The van der Waals surface area contributed by atoms with Crippen LogP contribution in [0.3, 0.4) is 0 Å². The monoisotopic (exact) mass is 278 g/mol. The summed E-state index contributed by atoms with van der Waals surface area (Å²) in [5.74, 6) is 0.266. The molecule has 1 fully saturated rings. The first-order valence-electron chi connectivity index (χ1n) is 7.16. The molecular weight excluding hydrogens is 256 g/mol. The lowest BCUT2D eigenvalue weighted by molar-refractivity contribution is -0.154. The van der Waals surface area contributed by atoms with Gasteiger partial charge >= 0.3 is 5.97 Å². The van der Waals surface area contributed by atoms with Crippen molar-refractivity contribution < 1.29 is 19.0 Å². The molecule has 1 saturated carbocycles. The smallest absolute Gasteiger partial charge is 0.332 e. The second-order valence-corrected chi connectivity index (χ2v) is 5.08. The molecule has 0 N–H and O–H groups in total. The largest absolute Gasteiger partial charge is 0.464 e. The van der Waals surface area contributed by atoms with Crippen LogP contribution in [0, 0.1) is 5.92 Å². The molecule has 0 atom stereocenters. The summed E-state index contributed by atoms with van der Waals surface area (Å²) < 4.78 is 16.0. The molecule has 0 saturated heterocycles. The fourth-order valence-electron chi connectivity index (χ4n) is 2.25. The second-order valence-electron chi connectivity index (χ2n) is 5.08. The van der Waals surface area contributed by atoms with E-state index in [1.165, 1.54) is 5.56 Å². The van der Waals surface area contributed by atoms with Crippen LogP contribution in [0.4, 0.5) is 0 Å². The average Bonchev–Trinajstić information content (AvgIpc) is 2.42. The molecule has 1 aromatic carbocycles. The average molecular weight is 278 g/mol. The second kappa shape index (κ2) is 8.02. The standard InChI is InChI=1S/C16H22O4/c1-2-19-16(17)12-20-15-8-14(9-15)11-18-10-13-6-4-3-5-7-13/h3-7,14-15H,2,8-12H2,1H3/t14-,15-. The summed E-state index contributed by atoms with van der Waals surface area (Å²) in [4.78, 5) is 11.1. The Morgan fingerprint density at radius 2 is 2.00 bits per heavy atom. The zero-order valence-corrected chi connectivity index (χ0v) is 11.9. The van der Waals surface area contributed by atoms with Crippen LogP contribution in [-0.4, -0.2) is 31.9 Å². The lowest BCUT2D eigenvalue weighted by Crippen LogP contribution is -2.35. The number of esters is 1. The van der Waals surface area contributed by atoms with Crippen LogP contribution in [0.1, 0.15) is 25.3 Å². The molecule has 0 amide bonds. The van der Waals surface area contributed by atoms with Crippen LogP contribution in [0.25, 0.3) is 0 Å². The van der Waals surface area contributed by atoms with Crippen molar-refractivity contribution in [1.29, 1.82) is 0 Å². The molecule has 0 aromatic heterocycles. The topological polar surface area (TPSA) is 44.8 Å². The Morgan fingerprint density at radius 1 is 1.25 bits per heavy atom. The van der Waals surface area contributed by atoms with Crippen molar-refractivity contribution >= 4 is 5.97 Å². The van der Waals surface area contributed by atoms with Gasteiger partial charge in [-0.05, 0) is 31.2 Å². The first kappa shape index (κ1) is 15.0. The maximum atomic E-state index is 11.1. The fourth-order valence-corrected chi connectivity index (χ4v) is 2.25. The van der Waals surface area contributed by atoms with Gasteiger partial charge in [-0.3, -0.25) is 0 Å². The third-order valence-electron chi connectivity index (χ3n) is 3.40. The van der Waals surface area contributed by atoms with Crippen molar-refractivity contribution in [2.75, 3.05) is 19.8 Å². The molecule has 110 valence electrons. The van der Waals surface area contributed by atoms with E-state index in [-0.39, 0.29) is 18.7 Å². The van der Waals surface area contributed by atoms with Gasteiger partial charge in [-0.2, -0.15) is 0 Å². The van der Waals surface area contributed by atoms with Crippen molar-refractivity contribution in [2.45, 2.75) is 32.5 Å². The van der Waals surface area contributed by atoms with Gasteiger partial charge in [0, 0.05) is 0 Å². The molecular formula is C16H22O4. The number of hydrogen-bond donors (Lipinski definition) is 0. The van der Waals surface area contributed by atoms with E-state index < -0.39 is 0 Å². The normalized spacial score (nSPS) is 21.2. The molecule has 20 heavy (non-hydrogen) atoms. The maximum Gasteiger partial charge on any atom is 0.332 e. The van der Waals surface area contributed by atoms with Crippen LogP contribution in [0.2, 0.25) is 0 Å². The van der Waals surface area contributed by atoms with Gasteiger partial charge in [0.1, 0.15) is 6.61 Å². The highest BCUT2D eigenvalue weighted by molar-refractivity contribution is 5.70. The summed E-state index contributed by atoms with van der Waals surface area (Å²) in [5, 5.41) is 0. The minimum atomic E-state index is -0.281. The molecule has 0 aliphatic heterocycles. The Hall–Kier alpha value is -1.39. The molecule has 0 unspecified atom stereocenters. The Kier molecular flexibility index (Phi) is 6.02. The van der Waals surface area contributed by atoms with Gasteiger partial charge in [0.25, 0.3) is 0 Å². The number of rotatable bonds is 8. The van der Waals surface area contributed by atoms with E-state index in [9.17, 15) is 4.79 Å². The molecule has 4 nitrogen and oxygen atoms in total. The third kappa shape index (κ3) is 4.94. The first-order chi connectivity index (χ1) is 9.78. The van der Waals surface area contributed by atoms with Gasteiger partial charge in [0.2, 0.25) is 0 Å². The molecule has 2 rings (SSSR count). The van der Waals surface area contributed by atoms with Crippen LogP contribution < -0.4 is 0 Å². The lowest BCUT2D eigenvalue weighted by atomic mass is 9.83. The SMILES string of the molecule is CCOC(=O)CO[C@H]1C[C@H](COCc2ccccc2)C1. The predicted molar refractivity (Wildman–Crippen MR) is 75.2 cm³/mol. The number of carbonyl (C=O) groups excluding carboxylic acids is 1. The van der Waals surface area contributed by atoms with Crippen molar-refractivity contribution in [2.24, 2.45) is 5.92 Å². The van der Waals surface area contributed by atoms with Crippen LogP contribution in [-0.2, 0) is 25.6 Å². The summed E-state index contributed by atoms with van der Waals surface area (Å²) in [7, 11) is 0. The van der Waals surface area contributed by atoms with Crippen molar-refractivity contribution in [1.82, 2.24) is 0 Å². The van der Waals surface area contributed by atoms with Gasteiger partial charge < -0.3 is 14.2 Å². The summed E-state index contributed by atoms with van der Waals surface area (Å²) in [6.45, 7) is 3.68. The zero-order chi connectivity index (χ0) is 14.2. The molecule has 1 aliphatic rings. The number of carbonyl (C=O) groups is 1. The van der Waals surface area contributed by atoms with E-state index in [2.05, 4.69) is 12.1 Å². The third-order valence-corrected chi connectivity index (χ3v) is 3.40. The van der Waals surface area contributed by atoms with Gasteiger partial charge in [-0.15, -0.1) is 0 Å². The number of hydrogen-bond acceptors (Lipinski definition) is 4. The highest BCUT2D eigenvalue weighted by Crippen LogP contribution is 2.30. The molecule has 0 spiro atoms. The Balaban J connectivity index is 1.50. The van der Waals surface area contributed by atoms with E-state index in [1.54, 1.807) is 6.92 Å². The molecule has 1 aliphatic carbocycles. The zero-order valence-electron chi connectivity index (χ0n) is 11.9. The molecule has 1 aromatic rings. The molecule has 0 bridgehead atoms. The van der Waals surface area contributed by atoms with E-state index in [1.807, 2.05) is 18.2 Å². The van der Waals surface area contributed by atoms with E-state index in [4.69, 9.17) is 14.2 Å². The first-order valence-corrected chi connectivity index (χ1v) is 7.16. The predicted octanol–water partition coefficient (Wildman–Crippen LogP) is 2.56. The van der Waals surface area contributed by atoms with E-state index >= 15 is 0 Å². The minimum absolute atomic E-state index is 0.0656. The number of benzene rings is 1. The van der Waals surface area contributed by atoms with Crippen LogP contribution in [0.15, 0.2) is 30.3 Å². The van der Waals surface area contributed by atoms with Crippen molar-refractivity contribution in [3.05, 3.63) is 35.9 Å². The van der Waals surface area contributed by atoms with Gasteiger partial charge in [-0.1, -0.05) is 30.3 Å². The minimum Gasteiger partial charge on any atom is -0.464 e. The Morgan fingerprint density at radius 3 is 2.70 bits per heavy atom. The number of ether oxygens (including phenoxy) is 3. The van der Waals surface area contributed by atoms with Crippen LogP contribution >= 0.6 is 0 Å². The molecule has 4 heteroatoms. The fraction of sp³-hybridized carbons (Fsp3) is 0.562. The summed E-state index contributed by atoms with van der Waals surface area (Å²) >= 11 is 0.